The Morgan fingerprint density at radius 2 is 1.75 bits per heavy atom. The van der Waals surface area contributed by atoms with Crippen LogP contribution in [0.1, 0.15) is 36.7 Å². The highest BCUT2D eigenvalue weighted by atomic mass is 35.5. The number of aromatic nitrogens is 1. The molecule has 0 atom stereocenters. The maximum Gasteiger partial charge on any atom is 0.274 e. The van der Waals surface area contributed by atoms with Gasteiger partial charge in [-0.1, -0.05) is 54.3 Å². The molecule has 1 amide bonds. The molecular formula is C24H21ClN2O. The quantitative estimate of drug-likeness (QED) is 0.410. The average molecular weight is 389 g/mol. The van der Waals surface area contributed by atoms with Crippen LogP contribution in [0, 0.1) is 17.3 Å². The summed E-state index contributed by atoms with van der Waals surface area (Å²) in [6, 6.07) is 19.0. The van der Waals surface area contributed by atoms with Crippen molar-refractivity contribution in [2.24, 2.45) is 5.41 Å². The fourth-order valence-electron chi connectivity index (χ4n) is 2.67. The largest absolute Gasteiger partial charge is 0.274 e. The molecule has 140 valence electrons. The van der Waals surface area contributed by atoms with Crippen LogP contribution < -0.4 is 4.42 Å². The summed E-state index contributed by atoms with van der Waals surface area (Å²) < 4.78 is 1.14. The summed E-state index contributed by atoms with van der Waals surface area (Å²) in [4.78, 5) is 17.0. The van der Waals surface area contributed by atoms with Crippen molar-refractivity contribution in [3.05, 3.63) is 84.2 Å². The van der Waals surface area contributed by atoms with E-state index in [0.717, 1.165) is 15.5 Å². The Labute approximate surface area is 171 Å². The fraction of sp³-hybridized carbons (Fsp3) is 0.167. The predicted molar refractivity (Wildman–Crippen MR) is 115 cm³/mol. The number of pyridine rings is 1. The molecule has 1 aromatic heterocycles. The Kier molecular flexibility index (Phi) is 5.82. The van der Waals surface area contributed by atoms with Gasteiger partial charge in [0.05, 0.1) is 16.8 Å². The van der Waals surface area contributed by atoms with Gasteiger partial charge in [0.1, 0.15) is 0 Å². The minimum atomic E-state index is -0.350. The van der Waals surface area contributed by atoms with Crippen LogP contribution >= 0.6 is 11.8 Å². The third kappa shape index (κ3) is 4.60. The number of nitrogens with zero attached hydrogens (tertiary/aromatic N) is 2. The molecule has 3 aromatic rings. The zero-order chi connectivity index (χ0) is 20.1. The Morgan fingerprint density at radius 3 is 2.39 bits per heavy atom. The Balaban J connectivity index is 2.17. The molecule has 0 saturated carbocycles. The molecule has 0 aliphatic rings. The molecule has 3 rings (SSSR count). The number of anilines is 1. The van der Waals surface area contributed by atoms with E-state index in [4.69, 9.17) is 11.8 Å². The van der Waals surface area contributed by atoms with Gasteiger partial charge in [-0.15, -0.1) is 0 Å². The zero-order valence-corrected chi connectivity index (χ0v) is 16.9. The first-order valence-corrected chi connectivity index (χ1v) is 9.32. The Morgan fingerprint density at radius 1 is 1.00 bits per heavy atom. The van der Waals surface area contributed by atoms with E-state index in [0.29, 0.717) is 16.8 Å². The first-order valence-electron chi connectivity index (χ1n) is 8.99. The highest BCUT2D eigenvalue weighted by Gasteiger charge is 2.22. The van der Waals surface area contributed by atoms with Gasteiger partial charge in [-0.3, -0.25) is 9.78 Å². The predicted octanol–water partition coefficient (Wildman–Crippen LogP) is 5.95. The molecule has 1 heterocycles. The lowest BCUT2D eigenvalue weighted by atomic mass is 9.95. The van der Waals surface area contributed by atoms with Crippen LogP contribution in [0.15, 0.2) is 73.1 Å². The van der Waals surface area contributed by atoms with E-state index in [-0.39, 0.29) is 11.3 Å². The molecule has 0 N–H and O–H groups in total. The standard InChI is InChI=1S/C24H21ClN2O/c1-24(2,3)15-14-19-11-7-13-21(18-9-5-4-6-10-18)22(19)27(25)23(28)20-12-8-16-26-17-20/h4-13,16-17H,1-3H3. The van der Waals surface area contributed by atoms with E-state index in [1.807, 2.05) is 69.3 Å². The number of para-hydroxylation sites is 1. The smallest absolute Gasteiger partial charge is 0.267 e. The van der Waals surface area contributed by atoms with Crippen molar-refractivity contribution in [2.45, 2.75) is 20.8 Å². The summed E-state index contributed by atoms with van der Waals surface area (Å²) >= 11 is 6.59. The number of halogens is 1. The molecule has 4 heteroatoms. The van der Waals surface area contributed by atoms with Crippen LogP contribution in [-0.4, -0.2) is 10.9 Å². The van der Waals surface area contributed by atoms with Gasteiger partial charge in [0.25, 0.3) is 5.91 Å². The number of carbonyl (C=O) groups is 1. The molecule has 3 nitrogen and oxygen atoms in total. The normalized spacial score (nSPS) is 10.7. The molecule has 0 radical (unpaired) electrons. The third-order valence-corrected chi connectivity index (χ3v) is 4.30. The van der Waals surface area contributed by atoms with Gasteiger partial charge >= 0.3 is 0 Å². The van der Waals surface area contributed by atoms with Crippen molar-refractivity contribution in [3.8, 4) is 23.0 Å². The van der Waals surface area contributed by atoms with E-state index in [2.05, 4.69) is 16.8 Å². The lowest BCUT2D eigenvalue weighted by molar-refractivity contribution is 0.100. The molecule has 0 aliphatic heterocycles. The summed E-state index contributed by atoms with van der Waals surface area (Å²) in [5, 5.41) is 0. The maximum atomic E-state index is 13.0. The van der Waals surface area contributed by atoms with Gasteiger partial charge in [0.2, 0.25) is 0 Å². The highest BCUT2D eigenvalue weighted by Crippen LogP contribution is 2.36. The molecule has 0 fully saturated rings. The molecular weight excluding hydrogens is 368 g/mol. The second kappa shape index (κ2) is 8.29. The van der Waals surface area contributed by atoms with Gasteiger partial charge in [0.15, 0.2) is 0 Å². The molecule has 0 bridgehead atoms. The molecule has 28 heavy (non-hydrogen) atoms. The topological polar surface area (TPSA) is 33.2 Å². The van der Waals surface area contributed by atoms with Crippen molar-refractivity contribution >= 4 is 23.4 Å². The summed E-state index contributed by atoms with van der Waals surface area (Å²) in [7, 11) is 0. The number of carbonyl (C=O) groups excluding carboxylic acids is 1. The van der Waals surface area contributed by atoms with Crippen LogP contribution in [0.4, 0.5) is 5.69 Å². The minimum absolute atomic E-state index is 0.176. The van der Waals surface area contributed by atoms with E-state index in [1.54, 1.807) is 18.3 Å². The maximum absolute atomic E-state index is 13.0. The van der Waals surface area contributed by atoms with Gasteiger partial charge in [-0.05, 0) is 44.5 Å². The van der Waals surface area contributed by atoms with Crippen molar-refractivity contribution in [1.82, 2.24) is 4.98 Å². The summed E-state index contributed by atoms with van der Waals surface area (Å²) in [6.07, 6.45) is 3.12. The number of hydrogen-bond donors (Lipinski definition) is 0. The monoisotopic (exact) mass is 388 g/mol. The fourth-order valence-corrected chi connectivity index (χ4v) is 2.95. The van der Waals surface area contributed by atoms with Gasteiger partial charge in [-0.2, -0.15) is 0 Å². The second-order valence-corrected chi connectivity index (χ2v) is 7.73. The third-order valence-electron chi connectivity index (χ3n) is 3.98. The van der Waals surface area contributed by atoms with E-state index in [9.17, 15) is 4.79 Å². The SMILES string of the molecule is CC(C)(C)C#Cc1cccc(-c2ccccc2)c1N(Cl)C(=O)c1cccnc1. The second-order valence-electron chi connectivity index (χ2n) is 7.40. The molecule has 0 unspecified atom stereocenters. The molecule has 0 aliphatic carbocycles. The minimum Gasteiger partial charge on any atom is -0.267 e. The van der Waals surface area contributed by atoms with Gasteiger partial charge in [-0.25, -0.2) is 4.42 Å². The van der Waals surface area contributed by atoms with E-state index < -0.39 is 0 Å². The lowest BCUT2D eigenvalue weighted by Gasteiger charge is -2.20. The number of hydrogen-bond acceptors (Lipinski definition) is 2. The number of benzene rings is 2. The van der Waals surface area contributed by atoms with Crippen molar-refractivity contribution < 1.29 is 4.79 Å². The van der Waals surface area contributed by atoms with Gasteiger partial charge in [0, 0.05) is 35.1 Å². The van der Waals surface area contributed by atoms with Crippen molar-refractivity contribution in [1.29, 1.82) is 0 Å². The molecule has 2 aromatic carbocycles. The van der Waals surface area contributed by atoms with Crippen LogP contribution in [0.5, 0.6) is 0 Å². The highest BCUT2D eigenvalue weighted by molar-refractivity contribution is 6.40. The Bertz CT molecular complexity index is 1030. The van der Waals surface area contributed by atoms with Crippen molar-refractivity contribution in [3.63, 3.8) is 0 Å². The van der Waals surface area contributed by atoms with Crippen LogP contribution in [-0.2, 0) is 0 Å². The Hall–Kier alpha value is -3.09. The zero-order valence-electron chi connectivity index (χ0n) is 16.1. The summed E-state index contributed by atoms with van der Waals surface area (Å²) in [5.74, 6) is 6.09. The first-order chi connectivity index (χ1) is 13.4. The van der Waals surface area contributed by atoms with Crippen LogP contribution in [0.3, 0.4) is 0 Å². The molecule has 0 spiro atoms. The summed E-state index contributed by atoms with van der Waals surface area (Å²) in [6.45, 7) is 6.12. The van der Waals surface area contributed by atoms with Crippen molar-refractivity contribution in [2.75, 3.05) is 4.42 Å². The van der Waals surface area contributed by atoms with E-state index >= 15 is 0 Å². The van der Waals surface area contributed by atoms with Crippen LogP contribution in [0.2, 0.25) is 0 Å². The molecule has 0 saturated heterocycles. The van der Waals surface area contributed by atoms with Crippen LogP contribution in [0.25, 0.3) is 11.1 Å². The lowest BCUT2D eigenvalue weighted by Crippen LogP contribution is -2.22. The van der Waals surface area contributed by atoms with Gasteiger partial charge < -0.3 is 0 Å². The number of rotatable bonds is 3. The number of amides is 1. The van der Waals surface area contributed by atoms with E-state index in [1.165, 1.54) is 6.20 Å². The average Bonchev–Trinajstić information content (AvgIpc) is 2.71. The summed E-state index contributed by atoms with van der Waals surface area (Å²) in [5.41, 5.74) is 3.31. The first kappa shape index (κ1) is 19.7.